The summed E-state index contributed by atoms with van der Waals surface area (Å²) < 4.78 is 17.2. The van der Waals surface area contributed by atoms with Gasteiger partial charge in [0.2, 0.25) is 5.78 Å². The predicted octanol–water partition coefficient (Wildman–Crippen LogP) is 1.68. The second-order valence-electron chi connectivity index (χ2n) is 4.12. The van der Waals surface area contributed by atoms with Gasteiger partial charge in [-0.25, -0.2) is 9.37 Å². The van der Waals surface area contributed by atoms with Crippen molar-refractivity contribution in [2.24, 2.45) is 7.05 Å². The first-order valence-electron chi connectivity index (χ1n) is 5.47. The van der Waals surface area contributed by atoms with Gasteiger partial charge in [0.25, 0.3) is 0 Å². The van der Waals surface area contributed by atoms with Gasteiger partial charge in [0.05, 0.1) is 16.7 Å². The zero-order valence-corrected chi connectivity index (χ0v) is 9.74. The van der Waals surface area contributed by atoms with Crippen LogP contribution in [0.15, 0.2) is 24.4 Å². The first kappa shape index (κ1) is 10.3. The SMILES string of the molecule is CNCc1cn2c3cc(F)ccc3n(C)c2n1. The minimum Gasteiger partial charge on any atom is -0.314 e. The van der Waals surface area contributed by atoms with Crippen LogP contribution in [-0.2, 0) is 13.6 Å². The molecule has 0 unspecified atom stereocenters. The monoisotopic (exact) mass is 232 g/mol. The van der Waals surface area contributed by atoms with Crippen molar-refractivity contribution in [2.75, 3.05) is 7.05 Å². The van der Waals surface area contributed by atoms with Gasteiger partial charge in [-0.2, -0.15) is 0 Å². The lowest BCUT2D eigenvalue weighted by molar-refractivity contribution is 0.629. The highest BCUT2D eigenvalue weighted by Crippen LogP contribution is 2.20. The number of aromatic nitrogens is 3. The van der Waals surface area contributed by atoms with E-state index >= 15 is 0 Å². The lowest BCUT2D eigenvalue weighted by Gasteiger charge is -1.96. The lowest BCUT2D eigenvalue weighted by Crippen LogP contribution is -2.05. The number of benzene rings is 1. The van der Waals surface area contributed by atoms with E-state index in [2.05, 4.69) is 10.3 Å². The van der Waals surface area contributed by atoms with Crippen molar-refractivity contribution in [2.45, 2.75) is 6.54 Å². The summed E-state index contributed by atoms with van der Waals surface area (Å²) in [6.45, 7) is 0.707. The molecule has 3 aromatic rings. The molecular formula is C12H13FN4. The zero-order valence-electron chi connectivity index (χ0n) is 9.74. The van der Waals surface area contributed by atoms with Gasteiger partial charge in [0, 0.05) is 25.9 Å². The van der Waals surface area contributed by atoms with Crippen molar-refractivity contribution in [1.29, 1.82) is 0 Å². The predicted molar refractivity (Wildman–Crippen MR) is 64.4 cm³/mol. The minimum atomic E-state index is -0.228. The molecule has 0 aliphatic rings. The first-order valence-corrected chi connectivity index (χ1v) is 5.47. The van der Waals surface area contributed by atoms with Gasteiger partial charge in [-0.05, 0) is 19.2 Å². The van der Waals surface area contributed by atoms with Crippen LogP contribution in [0.3, 0.4) is 0 Å². The van der Waals surface area contributed by atoms with Crippen LogP contribution in [0.5, 0.6) is 0 Å². The van der Waals surface area contributed by atoms with E-state index in [4.69, 9.17) is 0 Å². The molecule has 0 bridgehead atoms. The molecule has 0 spiro atoms. The van der Waals surface area contributed by atoms with Crippen LogP contribution in [0.4, 0.5) is 4.39 Å². The van der Waals surface area contributed by atoms with E-state index in [0.29, 0.717) is 6.54 Å². The van der Waals surface area contributed by atoms with E-state index in [-0.39, 0.29) is 5.82 Å². The fraction of sp³-hybridized carbons (Fsp3) is 0.250. The fourth-order valence-corrected chi connectivity index (χ4v) is 2.18. The smallest absolute Gasteiger partial charge is 0.214 e. The average Bonchev–Trinajstić information content (AvgIpc) is 2.81. The number of halogens is 1. The summed E-state index contributed by atoms with van der Waals surface area (Å²) >= 11 is 0. The maximum absolute atomic E-state index is 13.3. The van der Waals surface area contributed by atoms with E-state index in [9.17, 15) is 4.39 Å². The normalized spacial score (nSPS) is 11.7. The molecule has 0 amide bonds. The number of fused-ring (bicyclic) bond motifs is 3. The number of aryl methyl sites for hydroxylation is 1. The molecule has 2 heterocycles. The summed E-state index contributed by atoms with van der Waals surface area (Å²) in [5.74, 6) is 0.602. The summed E-state index contributed by atoms with van der Waals surface area (Å²) in [4.78, 5) is 4.51. The van der Waals surface area contributed by atoms with Crippen LogP contribution in [0.2, 0.25) is 0 Å². The van der Waals surface area contributed by atoms with Crippen LogP contribution < -0.4 is 5.32 Å². The zero-order chi connectivity index (χ0) is 12.0. The number of nitrogens with zero attached hydrogens (tertiary/aromatic N) is 3. The number of rotatable bonds is 2. The Labute approximate surface area is 97.7 Å². The topological polar surface area (TPSA) is 34.3 Å². The van der Waals surface area contributed by atoms with Gasteiger partial charge < -0.3 is 9.88 Å². The highest BCUT2D eigenvalue weighted by molar-refractivity contribution is 5.80. The van der Waals surface area contributed by atoms with Gasteiger partial charge >= 0.3 is 0 Å². The molecule has 0 fully saturated rings. The molecular weight excluding hydrogens is 219 g/mol. The molecule has 4 nitrogen and oxygen atoms in total. The van der Waals surface area contributed by atoms with Crippen LogP contribution in [0.1, 0.15) is 5.69 Å². The Morgan fingerprint density at radius 2 is 2.18 bits per heavy atom. The van der Waals surface area contributed by atoms with Crippen molar-refractivity contribution >= 4 is 16.8 Å². The average molecular weight is 232 g/mol. The second kappa shape index (κ2) is 3.56. The van der Waals surface area contributed by atoms with Crippen molar-refractivity contribution in [3.8, 4) is 0 Å². The van der Waals surface area contributed by atoms with Crippen molar-refractivity contribution in [3.05, 3.63) is 35.9 Å². The minimum absolute atomic E-state index is 0.228. The summed E-state index contributed by atoms with van der Waals surface area (Å²) in [5, 5.41) is 3.05. The van der Waals surface area contributed by atoms with Crippen LogP contribution >= 0.6 is 0 Å². The van der Waals surface area contributed by atoms with Gasteiger partial charge in [0.15, 0.2) is 0 Å². The summed E-state index contributed by atoms with van der Waals surface area (Å²) in [7, 11) is 3.81. The number of hydrogen-bond donors (Lipinski definition) is 1. The third-order valence-corrected chi connectivity index (χ3v) is 2.95. The number of hydrogen-bond acceptors (Lipinski definition) is 2. The molecule has 0 aliphatic heterocycles. The Morgan fingerprint density at radius 3 is 2.94 bits per heavy atom. The molecule has 3 rings (SSSR count). The van der Waals surface area contributed by atoms with Crippen LogP contribution in [0.25, 0.3) is 16.8 Å². The number of imidazole rings is 2. The fourth-order valence-electron chi connectivity index (χ4n) is 2.18. The molecule has 1 N–H and O–H groups in total. The van der Waals surface area contributed by atoms with Crippen LogP contribution in [0, 0.1) is 5.82 Å². The first-order chi connectivity index (χ1) is 8.20. The molecule has 1 aromatic carbocycles. The van der Waals surface area contributed by atoms with Gasteiger partial charge in [-0.15, -0.1) is 0 Å². The van der Waals surface area contributed by atoms with Gasteiger partial charge in [0.1, 0.15) is 5.82 Å². The molecule has 0 atom stereocenters. The maximum Gasteiger partial charge on any atom is 0.214 e. The van der Waals surface area contributed by atoms with E-state index < -0.39 is 0 Å². The van der Waals surface area contributed by atoms with E-state index in [0.717, 1.165) is 22.5 Å². The Hall–Kier alpha value is -1.88. The molecule has 88 valence electrons. The van der Waals surface area contributed by atoms with E-state index in [1.54, 1.807) is 6.07 Å². The second-order valence-corrected chi connectivity index (χ2v) is 4.12. The van der Waals surface area contributed by atoms with Gasteiger partial charge in [-0.1, -0.05) is 0 Å². The molecule has 2 aromatic heterocycles. The third-order valence-electron chi connectivity index (χ3n) is 2.95. The summed E-state index contributed by atoms with van der Waals surface area (Å²) in [5.41, 5.74) is 2.77. The maximum atomic E-state index is 13.3. The summed E-state index contributed by atoms with van der Waals surface area (Å²) in [6.07, 6.45) is 1.94. The number of nitrogens with one attached hydrogen (secondary N) is 1. The van der Waals surface area contributed by atoms with Gasteiger partial charge in [-0.3, -0.25) is 4.40 Å². The molecule has 0 saturated heterocycles. The molecule has 0 aliphatic carbocycles. The Balaban J connectivity index is 2.36. The molecule has 0 saturated carbocycles. The Morgan fingerprint density at radius 1 is 1.35 bits per heavy atom. The Kier molecular flexibility index (Phi) is 2.16. The standard InChI is InChI=1S/C12H13FN4/c1-14-6-9-7-17-11-5-8(13)3-4-10(11)16(2)12(17)15-9/h3-5,7,14H,6H2,1-2H3. The highest BCUT2D eigenvalue weighted by Gasteiger charge is 2.11. The highest BCUT2D eigenvalue weighted by atomic mass is 19.1. The van der Waals surface area contributed by atoms with Crippen molar-refractivity contribution in [1.82, 2.24) is 19.3 Å². The molecule has 5 heteroatoms. The van der Waals surface area contributed by atoms with E-state index in [1.807, 2.05) is 29.3 Å². The largest absolute Gasteiger partial charge is 0.314 e. The van der Waals surface area contributed by atoms with Crippen molar-refractivity contribution < 1.29 is 4.39 Å². The van der Waals surface area contributed by atoms with Crippen LogP contribution in [-0.4, -0.2) is 21.0 Å². The molecule has 0 radical (unpaired) electrons. The third kappa shape index (κ3) is 1.43. The summed E-state index contributed by atoms with van der Waals surface area (Å²) in [6, 6.07) is 4.78. The Bertz CT molecular complexity index is 695. The van der Waals surface area contributed by atoms with E-state index in [1.165, 1.54) is 12.1 Å². The lowest BCUT2D eigenvalue weighted by atomic mass is 10.3. The molecule has 17 heavy (non-hydrogen) atoms. The van der Waals surface area contributed by atoms with Crippen molar-refractivity contribution in [3.63, 3.8) is 0 Å². The quantitative estimate of drug-likeness (QED) is 0.729.